The molecule has 0 saturated carbocycles. The Bertz CT molecular complexity index is 1380. The van der Waals surface area contributed by atoms with Gasteiger partial charge in [-0.2, -0.15) is 0 Å². The first-order valence-corrected chi connectivity index (χ1v) is 13.6. The predicted octanol–water partition coefficient (Wildman–Crippen LogP) is 4.35. The van der Waals surface area contributed by atoms with Gasteiger partial charge in [0.2, 0.25) is 5.91 Å². The Morgan fingerprint density at radius 1 is 0.925 bits per heavy atom. The number of rotatable bonds is 6. The van der Waals surface area contributed by atoms with E-state index in [-0.39, 0.29) is 30.4 Å². The number of carbonyl (C=O) groups excluding carboxylic acids is 3. The van der Waals surface area contributed by atoms with Crippen molar-refractivity contribution in [3.05, 3.63) is 101 Å². The molecule has 3 aromatic rings. The fourth-order valence-electron chi connectivity index (χ4n) is 5.62. The number of likely N-dealkylation sites (tertiary alicyclic amines) is 1. The van der Waals surface area contributed by atoms with E-state index in [1.54, 1.807) is 47.2 Å². The lowest BCUT2D eigenvalue weighted by Crippen LogP contribution is -2.60. The molecular weight excluding hydrogens is 506 g/mol. The zero-order valence-electron chi connectivity index (χ0n) is 23.1. The molecule has 0 aromatic heterocycles. The van der Waals surface area contributed by atoms with Crippen molar-refractivity contribution in [2.45, 2.75) is 44.5 Å². The van der Waals surface area contributed by atoms with Crippen LogP contribution in [0.1, 0.15) is 57.7 Å². The number of benzene rings is 3. The minimum absolute atomic E-state index is 0.0920. The van der Waals surface area contributed by atoms with E-state index in [2.05, 4.69) is 5.32 Å². The van der Waals surface area contributed by atoms with Crippen LogP contribution in [0.5, 0.6) is 5.75 Å². The van der Waals surface area contributed by atoms with Crippen LogP contribution in [0.25, 0.3) is 0 Å². The second-order valence-corrected chi connectivity index (χ2v) is 10.5. The SMILES string of the molecule is COc1cccc(C(=O)N2CCC3(CC2)OC[C@H](C(=O)N[C@H](C)c2ccccc2)N3C(=O)c2cccc(C)c2)c1. The number of ether oxygens (including phenoxy) is 2. The smallest absolute Gasteiger partial charge is 0.256 e. The van der Waals surface area contributed by atoms with Crippen LogP contribution in [0.2, 0.25) is 0 Å². The largest absolute Gasteiger partial charge is 0.497 e. The summed E-state index contributed by atoms with van der Waals surface area (Å²) in [4.78, 5) is 44.3. The summed E-state index contributed by atoms with van der Waals surface area (Å²) in [6.07, 6.45) is 0.802. The molecule has 2 fully saturated rings. The lowest BCUT2D eigenvalue weighted by molar-refractivity contribution is -0.128. The Morgan fingerprint density at radius 3 is 2.27 bits per heavy atom. The third-order valence-corrected chi connectivity index (χ3v) is 7.85. The molecule has 2 aliphatic heterocycles. The number of aryl methyl sites for hydroxylation is 1. The summed E-state index contributed by atoms with van der Waals surface area (Å²) in [5, 5.41) is 3.08. The van der Waals surface area contributed by atoms with E-state index in [0.717, 1.165) is 11.1 Å². The van der Waals surface area contributed by atoms with E-state index in [9.17, 15) is 14.4 Å². The summed E-state index contributed by atoms with van der Waals surface area (Å²) in [5.74, 6) is 0.00617. The van der Waals surface area contributed by atoms with Crippen molar-refractivity contribution in [2.24, 2.45) is 0 Å². The van der Waals surface area contributed by atoms with Gasteiger partial charge in [-0.25, -0.2) is 0 Å². The molecule has 2 aliphatic rings. The Hall–Kier alpha value is -4.17. The Morgan fingerprint density at radius 2 is 1.60 bits per heavy atom. The highest BCUT2D eigenvalue weighted by atomic mass is 16.5. The zero-order chi connectivity index (χ0) is 28.3. The molecule has 8 heteroatoms. The second-order valence-electron chi connectivity index (χ2n) is 10.5. The molecule has 3 amide bonds. The van der Waals surface area contributed by atoms with Crippen LogP contribution in [0.4, 0.5) is 0 Å². The number of nitrogens with zero attached hydrogens (tertiary/aromatic N) is 2. The molecule has 0 unspecified atom stereocenters. The van der Waals surface area contributed by atoms with E-state index in [4.69, 9.17) is 9.47 Å². The van der Waals surface area contributed by atoms with E-state index < -0.39 is 11.8 Å². The minimum atomic E-state index is -0.982. The van der Waals surface area contributed by atoms with Crippen LogP contribution >= 0.6 is 0 Å². The maximum Gasteiger partial charge on any atom is 0.256 e. The van der Waals surface area contributed by atoms with Crippen molar-refractivity contribution in [3.8, 4) is 5.75 Å². The van der Waals surface area contributed by atoms with Gasteiger partial charge in [-0.1, -0.05) is 54.1 Å². The molecule has 40 heavy (non-hydrogen) atoms. The van der Waals surface area contributed by atoms with Crippen LogP contribution in [-0.4, -0.2) is 66.1 Å². The molecule has 1 N–H and O–H groups in total. The fraction of sp³-hybridized carbons (Fsp3) is 0.344. The highest BCUT2D eigenvalue weighted by molar-refractivity contribution is 5.99. The average molecular weight is 542 g/mol. The van der Waals surface area contributed by atoms with E-state index in [0.29, 0.717) is 42.8 Å². The Kier molecular flexibility index (Phi) is 7.89. The maximum absolute atomic E-state index is 14.0. The Labute approximate surface area is 234 Å². The van der Waals surface area contributed by atoms with Gasteiger partial charge in [0.25, 0.3) is 11.8 Å². The van der Waals surface area contributed by atoms with Crippen LogP contribution < -0.4 is 10.1 Å². The lowest BCUT2D eigenvalue weighted by atomic mass is 9.95. The third-order valence-electron chi connectivity index (χ3n) is 7.85. The molecule has 2 atom stereocenters. The predicted molar refractivity (Wildman–Crippen MR) is 151 cm³/mol. The molecule has 2 heterocycles. The molecule has 0 radical (unpaired) electrons. The molecule has 8 nitrogen and oxygen atoms in total. The fourth-order valence-corrected chi connectivity index (χ4v) is 5.62. The van der Waals surface area contributed by atoms with Gasteiger partial charge in [-0.3, -0.25) is 19.3 Å². The number of amides is 3. The molecule has 208 valence electrons. The first-order chi connectivity index (χ1) is 19.3. The topological polar surface area (TPSA) is 88.2 Å². The standard InChI is InChI=1S/C32H35N3O5/c1-22-9-7-12-25(19-22)31(38)35-28(29(36)33-23(2)24-10-5-4-6-11-24)21-40-32(35)15-17-34(18-16-32)30(37)26-13-8-14-27(20-26)39-3/h4-14,19-20,23,28H,15-18,21H2,1-3H3,(H,33,36)/t23-,28-/m1/s1. The molecule has 0 bridgehead atoms. The number of carbonyl (C=O) groups is 3. The Balaban J connectivity index is 1.38. The molecule has 2 saturated heterocycles. The normalized spacial score (nSPS) is 18.8. The summed E-state index contributed by atoms with van der Waals surface area (Å²) in [7, 11) is 1.57. The van der Waals surface area contributed by atoms with Crippen LogP contribution in [0.3, 0.4) is 0 Å². The summed E-state index contributed by atoms with van der Waals surface area (Å²) < 4.78 is 11.6. The van der Waals surface area contributed by atoms with Crippen molar-refractivity contribution in [1.82, 2.24) is 15.1 Å². The van der Waals surface area contributed by atoms with Gasteiger partial charge in [-0.15, -0.1) is 0 Å². The summed E-state index contributed by atoms with van der Waals surface area (Å²) in [5.41, 5.74) is 2.00. The summed E-state index contributed by atoms with van der Waals surface area (Å²) in [6, 6.07) is 23.1. The van der Waals surface area contributed by atoms with Crippen molar-refractivity contribution in [3.63, 3.8) is 0 Å². The molecule has 5 rings (SSSR count). The number of nitrogens with one attached hydrogen (secondary N) is 1. The van der Waals surface area contributed by atoms with E-state index in [1.807, 2.05) is 62.4 Å². The van der Waals surface area contributed by atoms with Gasteiger partial charge < -0.3 is 19.7 Å². The van der Waals surface area contributed by atoms with Gasteiger partial charge in [0.15, 0.2) is 0 Å². The highest BCUT2D eigenvalue weighted by Gasteiger charge is 2.54. The second kappa shape index (κ2) is 11.5. The lowest BCUT2D eigenvalue weighted by Gasteiger charge is -2.44. The van der Waals surface area contributed by atoms with Crippen molar-refractivity contribution in [2.75, 3.05) is 26.8 Å². The molecule has 1 spiro atoms. The third kappa shape index (κ3) is 5.45. The van der Waals surface area contributed by atoms with E-state index in [1.165, 1.54) is 0 Å². The number of hydrogen-bond donors (Lipinski definition) is 1. The summed E-state index contributed by atoms with van der Waals surface area (Å²) >= 11 is 0. The number of hydrogen-bond acceptors (Lipinski definition) is 5. The number of methoxy groups -OCH3 is 1. The van der Waals surface area contributed by atoms with Crippen molar-refractivity contribution in [1.29, 1.82) is 0 Å². The molecular formula is C32H35N3O5. The average Bonchev–Trinajstić information content (AvgIpc) is 3.35. The maximum atomic E-state index is 14.0. The van der Waals surface area contributed by atoms with Gasteiger partial charge in [0.05, 0.1) is 19.8 Å². The quantitative estimate of drug-likeness (QED) is 0.501. The minimum Gasteiger partial charge on any atom is -0.497 e. The van der Waals surface area contributed by atoms with Crippen LogP contribution in [0.15, 0.2) is 78.9 Å². The zero-order valence-corrected chi connectivity index (χ0v) is 23.1. The van der Waals surface area contributed by atoms with Crippen LogP contribution in [-0.2, 0) is 9.53 Å². The van der Waals surface area contributed by atoms with Gasteiger partial charge in [-0.05, 0) is 49.7 Å². The van der Waals surface area contributed by atoms with Crippen molar-refractivity contribution < 1.29 is 23.9 Å². The molecule has 3 aromatic carbocycles. The van der Waals surface area contributed by atoms with E-state index >= 15 is 0 Å². The molecule has 0 aliphatic carbocycles. The number of piperidine rings is 1. The highest BCUT2D eigenvalue weighted by Crippen LogP contribution is 2.39. The first kappa shape index (κ1) is 27.4. The van der Waals surface area contributed by atoms with Crippen LogP contribution in [0, 0.1) is 6.92 Å². The monoisotopic (exact) mass is 541 g/mol. The van der Waals surface area contributed by atoms with Gasteiger partial charge in [0.1, 0.15) is 17.5 Å². The first-order valence-electron chi connectivity index (χ1n) is 13.6. The summed E-state index contributed by atoms with van der Waals surface area (Å²) in [6.45, 7) is 4.73. The van der Waals surface area contributed by atoms with Crippen molar-refractivity contribution >= 4 is 17.7 Å². The van der Waals surface area contributed by atoms with Gasteiger partial charge in [0, 0.05) is 37.1 Å². The van der Waals surface area contributed by atoms with Gasteiger partial charge >= 0.3 is 0 Å².